The molecule has 1 aromatic rings. The van der Waals surface area contributed by atoms with Gasteiger partial charge in [-0.2, -0.15) is 18.4 Å². The van der Waals surface area contributed by atoms with E-state index in [-0.39, 0.29) is 44.1 Å². The number of sulfone groups is 1. The van der Waals surface area contributed by atoms with Gasteiger partial charge in [-0.25, -0.2) is 8.42 Å². The lowest BCUT2D eigenvalue weighted by molar-refractivity contribution is -0.114. The average Bonchev–Trinajstić information content (AvgIpc) is 3.05. The molecule has 0 bridgehead atoms. The third-order valence-corrected chi connectivity index (χ3v) is 6.96. The number of ether oxygens (including phenoxy) is 1. The van der Waals surface area contributed by atoms with Crippen LogP contribution in [0.15, 0.2) is 27.8 Å². The van der Waals surface area contributed by atoms with Gasteiger partial charge in [-0.1, -0.05) is 11.6 Å². The molecule has 2 aliphatic rings. The number of hydrogen-bond acceptors (Lipinski definition) is 10. The number of nitrogens with zero attached hydrogens (tertiary/aromatic N) is 3. The van der Waals surface area contributed by atoms with E-state index in [0.717, 1.165) is 17.5 Å². The zero-order valence-corrected chi connectivity index (χ0v) is 19.4. The summed E-state index contributed by atoms with van der Waals surface area (Å²) in [6, 6.07) is 2.70. The van der Waals surface area contributed by atoms with Gasteiger partial charge >= 0.3 is 10.1 Å². The Kier molecular flexibility index (Phi) is 6.19. The molecule has 1 aromatic carbocycles. The van der Waals surface area contributed by atoms with Crippen LogP contribution in [0.1, 0.15) is 12.5 Å². The first-order chi connectivity index (χ1) is 14.3. The van der Waals surface area contributed by atoms with Gasteiger partial charge in [0.15, 0.2) is 11.6 Å². The van der Waals surface area contributed by atoms with Crippen LogP contribution in [0.25, 0.3) is 6.08 Å². The smallest absolute Gasteiger partial charge is 0.306 e. The Morgan fingerprint density at radius 3 is 2.52 bits per heavy atom. The monoisotopic (exact) mass is 506 g/mol. The van der Waals surface area contributed by atoms with Crippen LogP contribution in [0.3, 0.4) is 0 Å². The van der Waals surface area contributed by atoms with Gasteiger partial charge in [0, 0.05) is 6.26 Å². The topological polar surface area (TPSA) is 156 Å². The Morgan fingerprint density at radius 2 is 1.94 bits per heavy atom. The summed E-state index contributed by atoms with van der Waals surface area (Å²) in [7, 11) is -7.53. The van der Waals surface area contributed by atoms with E-state index in [0.29, 0.717) is 17.3 Å². The molecule has 0 fully saturated rings. The Balaban J connectivity index is 2.05. The normalized spacial score (nSPS) is 18.1. The van der Waals surface area contributed by atoms with Gasteiger partial charge in [0.2, 0.25) is 25.1 Å². The number of thioether (sulfide) groups is 1. The fourth-order valence-corrected chi connectivity index (χ4v) is 4.92. The highest BCUT2D eigenvalue weighted by molar-refractivity contribution is 8.42. The van der Waals surface area contributed by atoms with Gasteiger partial charge in [-0.05, 0) is 42.5 Å². The number of hydrogen-bond donors (Lipinski definition) is 1. The number of benzene rings is 1. The summed E-state index contributed by atoms with van der Waals surface area (Å²) >= 11 is 6.83. The molecule has 11 nitrogen and oxygen atoms in total. The molecular formula is C16H15ClN4O7S3. The fraction of sp³-hybridized carbons (Fsp3) is 0.250. The number of carbonyl (C=O) groups excluding carboxylic acids is 1. The first kappa shape index (κ1) is 23.2. The standard InChI is InChI=1S/C16H15ClN4O7S3/c1-4-27-11-7-8(6-10(17)12(11)28-31(3,25)26)5-9-13(18)21-15(19-14(9)22)29-16(20-21)30(2,23)24/h5-7,18H,4H2,1-3H3/b9-5+,18-13?. The third-order valence-electron chi connectivity index (χ3n) is 3.63. The van der Waals surface area contributed by atoms with Crippen LogP contribution in [0, 0.1) is 5.41 Å². The molecule has 1 N–H and O–H groups in total. The zero-order valence-electron chi connectivity index (χ0n) is 16.2. The third kappa shape index (κ3) is 5.08. The van der Waals surface area contributed by atoms with Gasteiger partial charge in [0.05, 0.1) is 23.5 Å². The van der Waals surface area contributed by atoms with Crippen molar-refractivity contribution in [2.24, 2.45) is 10.1 Å². The summed E-state index contributed by atoms with van der Waals surface area (Å²) in [4.78, 5) is 16.2. The highest BCUT2D eigenvalue weighted by atomic mass is 35.5. The number of amidine groups is 2. The molecule has 0 saturated carbocycles. The molecule has 0 unspecified atom stereocenters. The van der Waals surface area contributed by atoms with Crippen LogP contribution >= 0.6 is 23.4 Å². The molecular weight excluding hydrogens is 492 g/mol. The Morgan fingerprint density at radius 1 is 1.26 bits per heavy atom. The molecule has 0 aromatic heterocycles. The first-order valence-corrected chi connectivity index (χ1v) is 13.3. The van der Waals surface area contributed by atoms with E-state index in [4.69, 9.17) is 25.9 Å². The largest absolute Gasteiger partial charge is 0.490 e. The molecule has 2 aliphatic heterocycles. The highest BCUT2D eigenvalue weighted by Gasteiger charge is 2.38. The van der Waals surface area contributed by atoms with Crippen molar-refractivity contribution in [1.82, 2.24) is 5.01 Å². The molecule has 0 spiro atoms. The number of rotatable bonds is 5. The van der Waals surface area contributed by atoms with Gasteiger partial charge in [-0.15, -0.1) is 5.10 Å². The molecule has 15 heteroatoms. The van der Waals surface area contributed by atoms with E-state index >= 15 is 0 Å². The number of fused-ring (bicyclic) bond motifs is 1. The van der Waals surface area contributed by atoms with Gasteiger partial charge in [0.1, 0.15) is 0 Å². The van der Waals surface area contributed by atoms with E-state index in [1.165, 1.54) is 18.2 Å². The fourth-order valence-electron chi connectivity index (χ4n) is 2.46. The van der Waals surface area contributed by atoms with E-state index in [2.05, 4.69) is 10.1 Å². The number of halogens is 1. The Labute approximate surface area is 187 Å². The first-order valence-electron chi connectivity index (χ1n) is 8.36. The van der Waals surface area contributed by atoms with E-state index in [1.807, 2.05) is 0 Å². The van der Waals surface area contributed by atoms with Crippen LogP contribution in [-0.2, 0) is 24.7 Å². The summed E-state index contributed by atoms with van der Waals surface area (Å²) in [6.07, 6.45) is 3.09. The summed E-state index contributed by atoms with van der Waals surface area (Å²) in [5.41, 5.74) is 0.110. The number of carbonyl (C=O) groups is 1. The maximum absolute atomic E-state index is 12.5. The predicted molar refractivity (Wildman–Crippen MR) is 118 cm³/mol. The SMILES string of the molecule is CCOc1cc(/C=C2\C(=N)N3N=C(S(C)(=O)=O)SC3=NC2=O)cc(Cl)c1OS(C)(=O)=O. The number of amides is 1. The summed E-state index contributed by atoms with van der Waals surface area (Å²) in [5, 5.41) is 12.9. The lowest BCUT2D eigenvalue weighted by Gasteiger charge is -2.20. The second-order valence-electron chi connectivity index (χ2n) is 6.21. The van der Waals surface area contributed by atoms with Crippen molar-refractivity contribution >= 4 is 70.7 Å². The van der Waals surface area contributed by atoms with Crippen LogP contribution in [0.5, 0.6) is 11.5 Å². The summed E-state index contributed by atoms with van der Waals surface area (Å²) < 4.78 is 56.4. The van der Waals surface area contributed by atoms with Crippen LogP contribution < -0.4 is 8.92 Å². The molecule has 0 atom stereocenters. The van der Waals surface area contributed by atoms with Gasteiger partial charge in [-0.3, -0.25) is 10.2 Å². The van der Waals surface area contributed by atoms with Gasteiger partial charge in [0.25, 0.3) is 5.91 Å². The number of nitrogens with one attached hydrogen (secondary N) is 1. The second-order valence-corrected chi connectivity index (χ2v) is 11.3. The second kappa shape index (κ2) is 8.26. The lowest BCUT2D eigenvalue weighted by Crippen LogP contribution is -2.35. The van der Waals surface area contributed by atoms with Crippen molar-refractivity contribution in [3.8, 4) is 11.5 Å². The lowest BCUT2D eigenvalue weighted by atomic mass is 10.1. The van der Waals surface area contributed by atoms with Crippen molar-refractivity contribution < 1.29 is 30.6 Å². The van der Waals surface area contributed by atoms with Crippen molar-refractivity contribution in [2.45, 2.75) is 6.92 Å². The summed E-state index contributed by atoms with van der Waals surface area (Å²) in [6.45, 7) is 1.84. The molecule has 166 valence electrons. The van der Waals surface area contributed by atoms with Crippen molar-refractivity contribution in [1.29, 1.82) is 5.41 Å². The molecule has 0 saturated heterocycles. The quantitative estimate of drug-likeness (QED) is 0.463. The molecule has 2 heterocycles. The van der Waals surface area contributed by atoms with Crippen molar-refractivity contribution in [2.75, 3.05) is 19.1 Å². The van der Waals surface area contributed by atoms with Crippen molar-refractivity contribution in [3.63, 3.8) is 0 Å². The molecule has 0 radical (unpaired) electrons. The van der Waals surface area contributed by atoms with Gasteiger partial charge < -0.3 is 8.92 Å². The maximum Gasteiger partial charge on any atom is 0.306 e. The Bertz CT molecular complexity index is 1300. The van der Waals surface area contributed by atoms with Crippen LogP contribution in [0.2, 0.25) is 5.02 Å². The van der Waals surface area contributed by atoms with Crippen LogP contribution in [0.4, 0.5) is 0 Å². The average molecular weight is 507 g/mol. The maximum atomic E-state index is 12.5. The Hall–Kier alpha value is -2.42. The number of aliphatic imine (C=N–C) groups is 1. The molecule has 1 amide bonds. The highest BCUT2D eigenvalue weighted by Crippen LogP contribution is 2.38. The molecule has 31 heavy (non-hydrogen) atoms. The van der Waals surface area contributed by atoms with E-state index in [9.17, 15) is 21.6 Å². The minimum Gasteiger partial charge on any atom is -0.490 e. The predicted octanol–water partition coefficient (Wildman–Crippen LogP) is 1.70. The zero-order chi connectivity index (χ0) is 23.1. The van der Waals surface area contributed by atoms with Crippen molar-refractivity contribution in [3.05, 3.63) is 28.3 Å². The minimum absolute atomic E-state index is 0.0142. The molecule has 3 rings (SSSR count). The van der Waals surface area contributed by atoms with E-state index < -0.39 is 25.9 Å². The number of hydrazone groups is 1. The van der Waals surface area contributed by atoms with E-state index in [1.54, 1.807) is 6.92 Å². The summed E-state index contributed by atoms with van der Waals surface area (Å²) in [5.74, 6) is -1.36. The molecule has 0 aliphatic carbocycles. The van der Waals surface area contributed by atoms with Crippen LogP contribution in [-0.4, -0.2) is 62.2 Å². The minimum atomic E-state index is -3.88.